The first kappa shape index (κ1) is 27.0. The number of ether oxygens (including phenoxy) is 3. The number of hydrogen-bond acceptors (Lipinski definition) is 6. The molecule has 2 aliphatic rings. The van der Waals surface area contributed by atoms with Crippen LogP contribution in [0.1, 0.15) is 37.0 Å². The van der Waals surface area contributed by atoms with Crippen molar-refractivity contribution in [1.82, 2.24) is 5.32 Å². The lowest BCUT2D eigenvalue weighted by atomic mass is 9.72. The van der Waals surface area contributed by atoms with Crippen LogP contribution in [0.15, 0.2) is 53.7 Å². The van der Waals surface area contributed by atoms with Crippen LogP contribution in [0.3, 0.4) is 0 Å². The summed E-state index contributed by atoms with van der Waals surface area (Å²) in [4.78, 5) is 41.4. The van der Waals surface area contributed by atoms with Crippen LogP contribution in [0.4, 0.5) is 18.9 Å². The van der Waals surface area contributed by atoms with E-state index in [0.29, 0.717) is 5.75 Å². The number of carbonyl (C=O) groups is 3. The molecule has 2 amide bonds. The average Bonchev–Trinajstić information content (AvgIpc) is 3.10. The van der Waals surface area contributed by atoms with Gasteiger partial charge in [-0.1, -0.05) is 13.8 Å². The Morgan fingerprint density at radius 2 is 1.55 bits per heavy atom. The van der Waals surface area contributed by atoms with Crippen molar-refractivity contribution in [3.05, 3.63) is 59.3 Å². The fourth-order valence-corrected chi connectivity index (χ4v) is 4.98. The molecule has 2 aromatic rings. The maximum absolute atomic E-state index is 15.0. The summed E-state index contributed by atoms with van der Waals surface area (Å²) in [6, 6.07) is 9.63. The summed E-state index contributed by atoms with van der Waals surface area (Å²) < 4.78 is 60.5. The van der Waals surface area contributed by atoms with E-state index in [2.05, 4.69) is 0 Å². The summed E-state index contributed by atoms with van der Waals surface area (Å²) >= 11 is 0. The molecule has 2 aromatic carbocycles. The highest BCUT2D eigenvalue weighted by molar-refractivity contribution is 6.21. The smallest absolute Gasteiger partial charge is 0.425 e. The molecule has 202 valence electrons. The van der Waals surface area contributed by atoms with Gasteiger partial charge in [-0.3, -0.25) is 19.3 Å². The quantitative estimate of drug-likeness (QED) is 0.592. The molecule has 1 heterocycles. The van der Waals surface area contributed by atoms with Crippen LogP contribution in [-0.4, -0.2) is 50.6 Å². The van der Waals surface area contributed by atoms with E-state index in [9.17, 15) is 14.4 Å². The average molecular weight is 533 g/mol. The van der Waals surface area contributed by atoms with Crippen molar-refractivity contribution in [2.24, 2.45) is 5.41 Å². The Kier molecular flexibility index (Phi) is 6.67. The van der Waals surface area contributed by atoms with E-state index in [1.165, 1.54) is 63.8 Å². The Bertz CT molecular complexity index is 1330. The molecule has 1 aliphatic heterocycles. The first-order chi connectivity index (χ1) is 17.8. The van der Waals surface area contributed by atoms with Crippen LogP contribution in [-0.2, 0) is 9.59 Å². The number of hydrogen-bond donors (Lipinski definition) is 1. The van der Waals surface area contributed by atoms with Crippen LogP contribution in [0.25, 0.3) is 0 Å². The highest BCUT2D eigenvalue weighted by Crippen LogP contribution is 2.53. The molecule has 8 nitrogen and oxygen atoms in total. The summed E-state index contributed by atoms with van der Waals surface area (Å²) in [5.74, 6) is -2.76. The first-order valence-corrected chi connectivity index (χ1v) is 11.7. The number of benzene rings is 2. The third kappa shape index (κ3) is 4.25. The number of carbonyl (C=O) groups excluding carboxylic acids is 3. The van der Waals surface area contributed by atoms with Crippen molar-refractivity contribution in [3.63, 3.8) is 0 Å². The molecular weight excluding hydrogens is 505 g/mol. The van der Waals surface area contributed by atoms with Crippen molar-refractivity contribution < 1.29 is 41.8 Å². The van der Waals surface area contributed by atoms with Crippen LogP contribution < -0.4 is 24.4 Å². The molecule has 0 saturated carbocycles. The van der Waals surface area contributed by atoms with Crippen molar-refractivity contribution in [2.75, 3.05) is 26.2 Å². The second-order valence-corrected chi connectivity index (χ2v) is 9.87. The number of alkyl halides is 3. The minimum absolute atomic E-state index is 0.00982. The number of amides is 2. The maximum Gasteiger partial charge on any atom is 0.425 e. The van der Waals surface area contributed by atoms with Gasteiger partial charge in [-0.25, -0.2) is 0 Å². The number of ketones is 1. The summed E-state index contributed by atoms with van der Waals surface area (Å²) in [6.45, 7) is 3.47. The van der Waals surface area contributed by atoms with Gasteiger partial charge in [0.05, 0.1) is 26.9 Å². The van der Waals surface area contributed by atoms with Gasteiger partial charge in [0.25, 0.3) is 11.8 Å². The van der Waals surface area contributed by atoms with Gasteiger partial charge in [0.1, 0.15) is 5.75 Å². The first-order valence-electron chi connectivity index (χ1n) is 11.7. The monoisotopic (exact) mass is 532 g/mol. The molecular formula is C27H27F3N2O6. The van der Waals surface area contributed by atoms with E-state index in [1.807, 2.05) is 5.32 Å². The third-order valence-electron chi connectivity index (χ3n) is 6.72. The number of halogens is 3. The van der Waals surface area contributed by atoms with E-state index >= 15 is 13.2 Å². The number of rotatable bonds is 6. The Morgan fingerprint density at radius 3 is 2.11 bits per heavy atom. The molecule has 0 bridgehead atoms. The zero-order valence-electron chi connectivity index (χ0n) is 21.5. The van der Waals surface area contributed by atoms with Crippen molar-refractivity contribution in [1.29, 1.82) is 0 Å². The topological polar surface area (TPSA) is 94.2 Å². The van der Waals surface area contributed by atoms with Crippen LogP contribution in [0.2, 0.25) is 0 Å². The second kappa shape index (κ2) is 9.38. The fourth-order valence-electron chi connectivity index (χ4n) is 4.98. The number of Topliss-reactive ketones (excluding diaryl/α,β-unsaturated/α-hetero) is 1. The summed E-state index contributed by atoms with van der Waals surface area (Å²) in [7, 11) is 4.10. The molecule has 0 aromatic heterocycles. The largest absolute Gasteiger partial charge is 0.497 e. The molecule has 0 saturated heterocycles. The zero-order chi connectivity index (χ0) is 28.0. The molecule has 4 rings (SSSR count). The molecule has 0 fully saturated rings. The van der Waals surface area contributed by atoms with E-state index in [4.69, 9.17) is 14.2 Å². The standard InChI is InChI=1S/C27H27F3N2O6/c1-25(2)13-18-22(19(33)14-25)26(27(28,29)30,24(35)32(18)16-7-9-17(36-3)10-8-16)31-23(34)15-6-11-20(37-4)21(12-15)38-5/h6-12H,13-14H2,1-5H3,(H,31,34)/t26-/m1/s1. The molecule has 0 spiro atoms. The second-order valence-electron chi connectivity index (χ2n) is 9.87. The van der Waals surface area contributed by atoms with E-state index in [0.717, 1.165) is 4.90 Å². The summed E-state index contributed by atoms with van der Waals surface area (Å²) in [6.07, 6.45) is -5.55. The highest BCUT2D eigenvalue weighted by Gasteiger charge is 2.72. The number of nitrogens with one attached hydrogen (secondary N) is 1. The van der Waals surface area contributed by atoms with Crippen LogP contribution in [0.5, 0.6) is 17.2 Å². The molecule has 1 atom stereocenters. The SMILES string of the molecule is COc1ccc(N2C(=O)[C@@](NC(=O)c3ccc(OC)c(OC)c3)(C(F)(F)F)C3=C2CC(C)(C)CC3=O)cc1. The van der Waals surface area contributed by atoms with Gasteiger partial charge in [-0.05, 0) is 54.3 Å². The minimum Gasteiger partial charge on any atom is -0.497 e. The summed E-state index contributed by atoms with van der Waals surface area (Å²) in [5.41, 5.74) is -5.26. The van der Waals surface area contributed by atoms with Gasteiger partial charge in [0, 0.05) is 23.4 Å². The van der Waals surface area contributed by atoms with Crippen molar-refractivity contribution in [2.45, 2.75) is 38.4 Å². The van der Waals surface area contributed by atoms with Gasteiger partial charge in [0.15, 0.2) is 17.3 Å². The van der Waals surface area contributed by atoms with Gasteiger partial charge in [0.2, 0.25) is 5.54 Å². The molecule has 0 radical (unpaired) electrons. The van der Waals surface area contributed by atoms with E-state index in [-0.39, 0.29) is 41.3 Å². The molecule has 0 unspecified atom stereocenters. The molecule has 38 heavy (non-hydrogen) atoms. The van der Waals surface area contributed by atoms with E-state index in [1.54, 1.807) is 13.8 Å². The normalized spacial score (nSPS) is 20.8. The number of methoxy groups -OCH3 is 3. The fraction of sp³-hybridized carbons (Fsp3) is 0.370. The molecule has 1 aliphatic carbocycles. The van der Waals surface area contributed by atoms with Crippen LogP contribution >= 0.6 is 0 Å². The van der Waals surface area contributed by atoms with Gasteiger partial charge < -0.3 is 19.5 Å². The number of anilines is 1. The molecule has 11 heteroatoms. The lowest BCUT2D eigenvalue weighted by Crippen LogP contribution is -2.66. The van der Waals surface area contributed by atoms with Crippen LogP contribution in [0, 0.1) is 5.41 Å². The lowest BCUT2D eigenvalue weighted by molar-refractivity contribution is -0.186. The van der Waals surface area contributed by atoms with Crippen molar-refractivity contribution >= 4 is 23.3 Å². The predicted molar refractivity (Wildman–Crippen MR) is 131 cm³/mol. The zero-order valence-corrected chi connectivity index (χ0v) is 21.5. The maximum atomic E-state index is 15.0. The Balaban J connectivity index is 1.90. The Morgan fingerprint density at radius 1 is 0.921 bits per heavy atom. The van der Waals surface area contributed by atoms with Gasteiger partial charge >= 0.3 is 6.18 Å². The summed E-state index contributed by atoms with van der Waals surface area (Å²) in [5, 5.41) is 1.91. The van der Waals surface area contributed by atoms with Gasteiger partial charge in [-0.15, -0.1) is 0 Å². The minimum atomic E-state index is -5.34. The van der Waals surface area contributed by atoms with Gasteiger partial charge in [-0.2, -0.15) is 13.2 Å². The lowest BCUT2D eigenvalue weighted by Gasteiger charge is -2.35. The molecule has 1 N–H and O–H groups in total. The predicted octanol–water partition coefficient (Wildman–Crippen LogP) is 4.43. The Labute approximate surface area is 217 Å². The number of nitrogens with zero attached hydrogens (tertiary/aromatic N) is 1. The number of allylic oxidation sites excluding steroid dienone is 1. The van der Waals surface area contributed by atoms with E-state index < -0.39 is 40.3 Å². The highest BCUT2D eigenvalue weighted by atomic mass is 19.4. The third-order valence-corrected chi connectivity index (χ3v) is 6.72. The van der Waals surface area contributed by atoms with Crippen molar-refractivity contribution in [3.8, 4) is 17.2 Å². The Hall–Kier alpha value is -4.02.